The molecule has 2 aromatic heterocycles. The van der Waals surface area contributed by atoms with E-state index in [4.69, 9.17) is 8.83 Å². The molecule has 0 saturated heterocycles. The van der Waals surface area contributed by atoms with Crippen molar-refractivity contribution >= 4 is 82.5 Å². The van der Waals surface area contributed by atoms with Gasteiger partial charge in [0.05, 0.1) is 5.69 Å². The van der Waals surface area contributed by atoms with Crippen molar-refractivity contribution in [3.8, 4) is 33.4 Å². The molecule has 3 heteroatoms. The average Bonchev–Trinajstić information content (AvgIpc) is 3.87. The second-order valence-electron chi connectivity index (χ2n) is 15.3. The Balaban J connectivity index is 1.09. The van der Waals surface area contributed by atoms with Gasteiger partial charge in [-0.1, -0.05) is 146 Å². The second kappa shape index (κ2) is 13.4. The van der Waals surface area contributed by atoms with E-state index in [2.05, 4.69) is 211 Å². The van der Waals surface area contributed by atoms with Crippen LogP contribution in [0.1, 0.15) is 0 Å². The molecule has 0 atom stereocenters. The molecule has 12 rings (SSSR count). The van der Waals surface area contributed by atoms with Gasteiger partial charge in [-0.2, -0.15) is 0 Å². The van der Waals surface area contributed by atoms with Crippen LogP contribution >= 0.6 is 0 Å². The maximum Gasteiger partial charge on any atom is 0.143 e. The van der Waals surface area contributed by atoms with Crippen LogP contribution in [0.4, 0.5) is 17.1 Å². The topological polar surface area (TPSA) is 29.5 Å². The lowest BCUT2D eigenvalue weighted by Gasteiger charge is -2.27. The Morgan fingerprint density at radius 1 is 0.288 bits per heavy atom. The van der Waals surface area contributed by atoms with Crippen molar-refractivity contribution in [1.29, 1.82) is 0 Å². The van der Waals surface area contributed by atoms with Crippen LogP contribution in [-0.4, -0.2) is 0 Å². The largest absolute Gasteiger partial charge is 0.456 e. The van der Waals surface area contributed by atoms with E-state index in [1.165, 1.54) is 21.7 Å². The van der Waals surface area contributed by atoms with E-state index < -0.39 is 0 Å². The molecule has 12 aromatic rings. The minimum absolute atomic E-state index is 0.827. The smallest absolute Gasteiger partial charge is 0.143 e. The first-order valence-corrected chi connectivity index (χ1v) is 20.1. The molecule has 0 spiro atoms. The standard InChI is InChI=1S/C56H35NO2/c1-4-14-36(15-5-1)39-24-27-47-48-28-25-42(34-54(48)58-53(47)33-39)57(52-32-40-20-10-11-21-44(40)45-22-12-13-23-46(45)52)43-26-29-49-51-31-41(37-16-6-2-7-17-37)30-50(38-18-8-3-9-19-38)56(51)59-55(49)35-43/h1-35H. The Morgan fingerprint density at radius 2 is 0.814 bits per heavy atom. The van der Waals surface area contributed by atoms with E-state index in [-0.39, 0.29) is 0 Å². The molecule has 0 radical (unpaired) electrons. The molecule has 0 bridgehead atoms. The first-order valence-electron chi connectivity index (χ1n) is 20.1. The number of furan rings is 2. The van der Waals surface area contributed by atoms with Gasteiger partial charge in [0.25, 0.3) is 0 Å². The number of anilines is 3. The van der Waals surface area contributed by atoms with Crippen LogP contribution in [0.25, 0.3) is 98.8 Å². The molecule has 0 saturated carbocycles. The highest BCUT2D eigenvalue weighted by Crippen LogP contribution is 2.46. The van der Waals surface area contributed by atoms with E-state index in [0.717, 1.165) is 94.1 Å². The second-order valence-corrected chi connectivity index (χ2v) is 15.3. The van der Waals surface area contributed by atoms with Crippen LogP contribution in [0.15, 0.2) is 221 Å². The van der Waals surface area contributed by atoms with E-state index >= 15 is 0 Å². The van der Waals surface area contributed by atoms with Gasteiger partial charge >= 0.3 is 0 Å². The van der Waals surface area contributed by atoms with Gasteiger partial charge in [-0.05, 0) is 98.6 Å². The summed E-state index contributed by atoms with van der Waals surface area (Å²) in [7, 11) is 0. The molecule has 2 heterocycles. The summed E-state index contributed by atoms with van der Waals surface area (Å²) in [6, 6.07) is 75.6. The predicted octanol–water partition coefficient (Wildman–Crippen LogP) is 16.3. The van der Waals surface area contributed by atoms with E-state index in [9.17, 15) is 0 Å². The number of hydrogen-bond donors (Lipinski definition) is 0. The Kier molecular flexibility index (Phi) is 7.54. The van der Waals surface area contributed by atoms with Gasteiger partial charge in [0.1, 0.15) is 22.3 Å². The molecule has 59 heavy (non-hydrogen) atoms. The van der Waals surface area contributed by atoms with Gasteiger partial charge in [0.2, 0.25) is 0 Å². The van der Waals surface area contributed by atoms with Crippen molar-refractivity contribution in [3.05, 3.63) is 212 Å². The Labute approximate surface area is 340 Å². The number of fused-ring (bicyclic) bond motifs is 9. The van der Waals surface area contributed by atoms with Crippen molar-refractivity contribution in [1.82, 2.24) is 0 Å². The highest BCUT2D eigenvalue weighted by Gasteiger charge is 2.22. The molecule has 0 amide bonds. The Bertz CT molecular complexity index is 3550. The van der Waals surface area contributed by atoms with Crippen LogP contribution in [0.2, 0.25) is 0 Å². The molecule has 0 unspecified atom stereocenters. The molecule has 0 aliphatic rings. The zero-order chi connectivity index (χ0) is 38.9. The van der Waals surface area contributed by atoms with Gasteiger partial charge in [0.15, 0.2) is 0 Å². The van der Waals surface area contributed by atoms with Gasteiger partial charge in [-0.25, -0.2) is 0 Å². The average molecular weight is 754 g/mol. The van der Waals surface area contributed by atoms with E-state index in [1.54, 1.807) is 0 Å². The summed E-state index contributed by atoms with van der Waals surface area (Å²) in [4.78, 5) is 2.36. The molecule has 3 nitrogen and oxygen atoms in total. The van der Waals surface area contributed by atoms with Crippen LogP contribution in [0.5, 0.6) is 0 Å². The SMILES string of the molecule is c1ccc(-c2ccc3c(c2)oc2cc(N(c4ccc5c(c4)oc4c(-c6ccccc6)cc(-c6ccccc6)cc45)c4cc5ccccc5c5ccccc45)ccc23)cc1. The summed E-state index contributed by atoms with van der Waals surface area (Å²) >= 11 is 0. The normalized spacial score (nSPS) is 11.7. The lowest BCUT2D eigenvalue weighted by Crippen LogP contribution is -2.10. The maximum atomic E-state index is 6.96. The minimum atomic E-state index is 0.827. The summed E-state index contributed by atoms with van der Waals surface area (Å²) in [5.74, 6) is 0. The Hall–Kier alpha value is -7.88. The lowest BCUT2D eigenvalue weighted by atomic mass is 9.95. The van der Waals surface area contributed by atoms with Crippen molar-refractivity contribution in [2.45, 2.75) is 0 Å². The first-order chi connectivity index (χ1) is 29.2. The monoisotopic (exact) mass is 753 g/mol. The summed E-state index contributed by atoms with van der Waals surface area (Å²) < 4.78 is 13.7. The molecule has 10 aromatic carbocycles. The lowest BCUT2D eigenvalue weighted by molar-refractivity contribution is 0.669. The highest BCUT2D eigenvalue weighted by atomic mass is 16.3. The van der Waals surface area contributed by atoms with Gasteiger partial charge < -0.3 is 13.7 Å². The van der Waals surface area contributed by atoms with Crippen LogP contribution in [0.3, 0.4) is 0 Å². The summed E-state index contributed by atoms with van der Waals surface area (Å²) in [6.45, 7) is 0. The van der Waals surface area contributed by atoms with Crippen LogP contribution < -0.4 is 4.90 Å². The third-order valence-corrected chi connectivity index (χ3v) is 11.8. The number of rotatable bonds is 6. The fourth-order valence-electron chi connectivity index (χ4n) is 9.00. The Morgan fingerprint density at radius 3 is 1.51 bits per heavy atom. The zero-order valence-corrected chi connectivity index (χ0v) is 32.0. The molecule has 0 aliphatic heterocycles. The third kappa shape index (κ3) is 5.51. The molecular weight excluding hydrogens is 719 g/mol. The van der Waals surface area contributed by atoms with Crippen LogP contribution in [0, 0.1) is 0 Å². The third-order valence-electron chi connectivity index (χ3n) is 11.8. The fourth-order valence-corrected chi connectivity index (χ4v) is 9.00. The predicted molar refractivity (Wildman–Crippen MR) is 247 cm³/mol. The number of benzene rings is 10. The van der Waals surface area contributed by atoms with Crippen molar-refractivity contribution < 1.29 is 8.83 Å². The number of hydrogen-bond acceptors (Lipinski definition) is 3. The minimum Gasteiger partial charge on any atom is -0.456 e. The van der Waals surface area contributed by atoms with Crippen LogP contribution in [-0.2, 0) is 0 Å². The maximum absolute atomic E-state index is 6.96. The van der Waals surface area contributed by atoms with E-state index in [0.29, 0.717) is 0 Å². The molecular formula is C56H35NO2. The molecule has 0 aliphatic carbocycles. The summed E-state index contributed by atoms with van der Waals surface area (Å²) in [5.41, 5.74) is 13.3. The fraction of sp³-hybridized carbons (Fsp3) is 0. The van der Waals surface area contributed by atoms with Crippen molar-refractivity contribution in [3.63, 3.8) is 0 Å². The summed E-state index contributed by atoms with van der Waals surface area (Å²) in [6.07, 6.45) is 0. The highest BCUT2D eigenvalue weighted by molar-refractivity contribution is 6.16. The van der Waals surface area contributed by atoms with Crippen molar-refractivity contribution in [2.24, 2.45) is 0 Å². The molecule has 0 N–H and O–H groups in total. The first kappa shape index (κ1) is 33.3. The quantitative estimate of drug-likeness (QED) is 0.158. The summed E-state index contributed by atoms with van der Waals surface area (Å²) in [5, 5.41) is 9.11. The van der Waals surface area contributed by atoms with Gasteiger partial charge in [-0.15, -0.1) is 0 Å². The van der Waals surface area contributed by atoms with Gasteiger partial charge in [-0.3, -0.25) is 0 Å². The number of nitrogens with zero attached hydrogens (tertiary/aromatic N) is 1. The van der Waals surface area contributed by atoms with E-state index in [1.807, 2.05) is 6.07 Å². The molecule has 276 valence electrons. The zero-order valence-electron chi connectivity index (χ0n) is 32.0. The van der Waals surface area contributed by atoms with Gasteiger partial charge in [0, 0.05) is 56.0 Å². The van der Waals surface area contributed by atoms with Crippen molar-refractivity contribution in [2.75, 3.05) is 4.90 Å². The molecule has 0 fully saturated rings.